The second-order valence-corrected chi connectivity index (χ2v) is 2.03. The van der Waals surface area contributed by atoms with Gasteiger partial charge in [0.2, 0.25) is 0 Å². The molecule has 0 aliphatic heterocycles. The van der Waals surface area contributed by atoms with E-state index in [4.69, 9.17) is 5.11 Å². The van der Waals surface area contributed by atoms with Crippen molar-refractivity contribution in [1.82, 2.24) is 4.98 Å². The fourth-order valence-electron chi connectivity index (χ4n) is 0.594. The van der Waals surface area contributed by atoms with Crippen molar-refractivity contribution >= 4 is 5.97 Å². The number of hydrogen-bond donors (Lipinski definition) is 1. The summed E-state index contributed by atoms with van der Waals surface area (Å²) in [6.45, 7) is 5.86. The van der Waals surface area contributed by atoms with Crippen LogP contribution in [0.25, 0.3) is 0 Å². The lowest BCUT2D eigenvalue weighted by Crippen LogP contribution is -1.98. The van der Waals surface area contributed by atoms with Gasteiger partial charge in [0.05, 0.1) is 0 Å². The largest absolute Gasteiger partial charge is 0.477 e. The van der Waals surface area contributed by atoms with E-state index in [9.17, 15) is 4.79 Å². The fourth-order valence-corrected chi connectivity index (χ4v) is 0.594. The number of aromatic carboxylic acids is 1. The minimum absolute atomic E-state index is 0.0885. The van der Waals surface area contributed by atoms with Crippen LogP contribution in [0, 0.1) is 6.92 Å². The predicted octanol–water partition coefficient (Wildman–Crippen LogP) is 2.11. The molecule has 1 heterocycles. The summed E-state index contributed by atoms with van der Waals surface area (Å²) in [6, 6.07) is 3.20. The van der Waals surface area contributed by atoms with Crippen molar-refractivity contribution in [2.75, 3.05) is 0 Å². The van der Waals surface area contributed by atoms with Gasteiger partial charge in [-0.05, 0) is 18.6 Å². The van der Waals surface area contributed by atoms with Crippen molar-refractivity contribution in [3.8, 4) is 0 Å². The van der Waals surface area contributed by atoms with Crippen LogP contribution in [-0.2, 0) is 0 Å². The van der Waals surface area contributed by atoms with Crippen LogP contribution in [0.15, 0.2) is 18.3 Å². The maximum atomic E-state index is 10.2. The molecule has 12 heavy (non-hydrogen) atoms. The van der Waals surface area contributed by atoms with Gasteiger partial charge in [0.25, 0.3) is 0 Å². The molecule has 0 saturated carbocycles. The fraction of sp³-hybridized carbons (Fsp3) is 0.333. The van der Waals surface area contributed by atoms with Gasteiger partial charge in [0.1, 0.15) is 5.69 Å². The lowest BCUT2D eigenvalue weighted by molar-refractivity contribution is 0.0690. The molecule has 0 spiro atoms. The summed E-state index contributed by atoms with van der Waals surface area (Å²) >= 11 is 0. The molecule has 0 aliphatic carbocycles. The van der Waals surface area contributed by atoms with Crippen LogP contribution in [0.4, 0.5) is 0 Å². The van der Waals surface area contributed by atoms with E-state index in [2.05, 4.69) is 4.98 Å². The zero-order chi connectivity index (χ0) is 9.56. The lowest BCUT2D eigenvalue weighted by Gasteiger charge is -1.91. The number of carboxylic acid groups (broad SMARTS) is 1. The SMILES string of the molecule is CC.Cc1ccc(C(=O)O)nc1. The molecule has 0 saturated heterocycles. The quantitative estimate of drug-likeness (QED) is 0.696. The number of nitrogens with zero attached hydrogens (tertiary/aromatic N) is 1. The molecule has 1 aromatic rings. The highest BCUT2D eigenvalue weighted by atomic mass is 16.4. The molecule has 0 bridgehead atoms. The smallest absolute Gasteiger partial charge is 0.354 e. The molecule has 66 valence electrons. The molecule has 0 amide bonds. The summed E-state index contributed by atoms with van der Waals surface area (Å²) in [5, 5.41) is 8.41. The number of aromatic nitrogens is 1. The van der Waals surface area contributed by atoms with Crippen LogP contribution in [0.2, 0.25) is 0 Å². The van der Waals surface area contributed by atoms with Gasteiger partial charge in [-0.1, -0.05) is 19.9 Å². The maximum absolute atomic E-state index is 10.2. The Balaban J connectivity index is 0.000000561. The number of pyridine rings is 1. The third-order valence-corrected chi connectivity index (χ3v) is 1.13. The highest BCUT2D eigenvalue weighted by Gasteiger charge is 2.00. The van der Waals surface area contributed by atoms with Gasteiger partial charge in [-0.3, -0.25) is 0 Å². The van der Waals surface area contributed by atoms with E-state index in [0.29, 0.717) is 0 Å². The van der Waals surface area contributed by atoms with Gasteiger partial charge in [-0.2, -0.15) is 0 Å². The summed E-state index contributed by atoms with van der Waals surface area (Å²) in [6.07, 6.45) is 1.53. The van der Waals surface area contributed by atoms with E-state index in [0.717, 1.165) is 5.56 Å². The third-order valence-electron chi connectivity index (χ3n) is 1.13. The molecule has 3 heteroatoms. The number of carbonyl (C=O) groups is 1. The summed E-state index contributed by atoms with van der Waals surface area (Å²) in [4.78, 5) is 13.9. The summed E-state index contributed by atoms with van der Waals surface area (Å²) < 4.78 is 0. The molecule has 3 nitrogen and oxygen atoms in total. The van der Waals surface area contributed by atoms with Crippen molar-refractivity contribution in [3.63, 3.8) is 0 Å². The van der Waals surface area contributed by atoms with Crippen LogP contribution in [-0.4, -0.2) is 16.1 Å². The molecule has 1 N–H and O–H groups in total. The molecule has 1 aromatic heterocycles. The molecular formula is C9H13NO2. The Bertz CT molecular complexity index is 241. The number of rotatable bonds is 1. The Morgan fingerprint density at radius 2 is 2.00 bits per heavy atom. The zero-order valence-corrected chi connectivity index (χ0v) is 7.53. The first-order chi connectivity index (χ1) is 5.70. The van der Waals surface area contributed by atoms with Gasteiger partial charge < -0.3 is 5.11 Å². The summed E-state index contributed by atoms with van der Waals surface area (Å²) in [5.74, 6) is -0.986. The van der Waals surface area contributed by atoms with Gasteiger partial charge in [-0.25, -0.2) is 9.78 Å². The molecule has 1 rings (SSSR count). The number of carboxylic acids is 1. The Labute approximate surface area is 72.1 Å². The minimum atomic E-state index is -0.986. The van der Waals surface area contributed by atoms with E-state index in [1.807, 2.05) is 20.8 Å². The van der Waals surface area contributed by atoms with E-state index in [-0.39, 0.29) is 5.69 Å². The first kappa shape index (κ1) is 10.6. The highest BCUT2D eigenvalue weighted by Crippen LogP contribution is 1.97. The third kappa shape index (κ3) is 3.14. The van der Waals surface area contributed by atoms with E-state index >= 15 is 0 Å². The topological polar surface area (TPSA) is 50.2 Å². The molecule has 0 aliphatic rings. The number of aryl methyl sites for hydroxylation is 1. The van der Waals surface area contributed by atoms with Crippen LogP contribution < -0.4 is 0 Å². The average molecular weight is 167 g/mol. The Hall–Kier alpha value is -1.38. The van der Waals surface area contributed by atoms with E-state index in [1.54, 1.807) is 6.07 Å². The summed E-state index contributed by atoms with van der Waals surface area (Å²) in [7, 11) is 0. The monoisotopic (exact) mass is 167 g/mol. The molecule has 0 fully saturated rings. The zero-order valence-electron chi connectivity index (χ0n) is 7.53. The average Bonchev–Trinajstić information content (AvgIpc) is 2.09. The van der Waals surface area contributed by atoms with E-state index in [1.165, 1.54) is 12.3 Å². The van der Waals surface area contributed by atoms with Crippen molar-refractivity contribution in [2.45, 2.75) is 20.8 Å². The maximum Gasteiger partial charge on any atom is 0.354 e. The number of hydrogen-bond acceptors (Lipinski definition) is 2. The van der Waals surface area contributed by atoms with Gasteiger partial charge in [-0.15, -0.1) is 0 Å². The van der Waals surface area contributed by atoms with Crippen molar-refractivity contribution < 1.29 is 9.90 Å². The molecule has 0 radical (unpaired) electrons. The van der Waals surface area contributed by atoms with Crippen LogP contribution in [0.5, 0.6) is 0 Å². The molecule has 0 unspecified atom stereocenters. The van der Waals surface area contributed by atoms with E-state index < -0.39 is 5.97 Å². The molecular weight excluding hydrogens is 154 g/mol. The van der Waals surface area contributed by atoms with Crippen molar-refractivity contribution in [1.29, 1.82) is 0 Å². The first-order valence-corrected chi connectivity index (χ1v) is 3.86. The van der Waals surface area contributed by atoms with Crippen molar-refractivity contribution in [2.24, 2.45) is 0 Å². The van der Waals surface area contributed by atoms with Gasteiger partial charge in [0, 0.05) is 6.20 Å². The summed E-state index contributed by atoms with van der Waals surface area (Å²) in [5.41, 5.74) is 1.05. The van der Waals surface area contributed by atoms with Crippen LogP contribution in [0.1, 0.15) is 29.9 Å². The minimum Gasteiger partial charge on any atom is -0.477 e. The Kier molecular flexibility index (Phi) is 4.69. The Morgan fingerprint density at radius 1 is 1.42 bits per heavy atom. The van der Waals surface area contributed by atoms with Crippen molar-refractivity contribution in [3.05, 3.63) is 29.6 Å². The molecule has 0 aromatic carbocycles. The lowest BCUT2D eigenvalue weighted by atomic mass is 10.3. The second-order valence-electron chi connectivity index (χ2n) is 2.03. The normalized spacial score (nSPS) is 8.25. The highest BCUT2D eigenvalue weighted by molar-refractivity contribution is 5.85. The van der Waals surface area contributed by atoms with Gasteiger partial charge in [0.15, 0.2) is 0 Å². The molecule has 0 atom stereocenters. The Morgan fingerprint density at radius 3 is 2.33 bits per heavy atom. The predicted molar refractivity (Wildman–Crippen MR) is 47.3 cm³/mol. The first-order valence-electron chi connectivity index (χ1n) is 3.86. The van der Waals surface area contributed by atoms with Gasteiger partial charge >= 0.3 is 5.97 Å². The standard InChI is InChI=1S/C7H7NO2.C2H6/c1-5-2-3-6(7(9)10)8-4-5;1-2/h2-4H,1H3,(H,9,10);1-2H3. The van der Waals surface area contributed by atoms with Crippen LogP contribution in [0.3, 0.4) is 0 Å². The van der Waals surface area contributed by atoms with Crippen LogP contribution >= 0.6 is 0 Å². The second kappa shape index (κ2) is 5.29.